The van der Waals surface area contributed by atoms with E-state index in [4.69, 9.17) is 0 Å². The summed E-state index contributed by atoms with van der Waals surface area (Å²) in [6.07, 6.45) is 5.28. The third-order valence-corrected chi connectivity index (χ3v) is 3.63. The number of rotatable bonds is 2. The van der Waals surface area contributed by atoms with Crippen molar-refractivity contribution in [3.63, 3.8) is 0 Å². The number of aryl methyl sites for hydroxylation is 3. The van der Waals surface area contributed by atoms with Gasteiger partial charge < -0.3 is 0 Å². The normalized spacial score (nSPS) is 11.2. The maximum Gasteiger partial charge on any atom is 0.261 e. The van der Waals surface area contributed by atoms with Gasteiger partial charge in [0.1, 0.15) is 0 Å². The quantitative estimate of drug-likeness (QED) is 0.712. The zero-order valence-electron chi connectivity index (χ0n) is 11.8. The van der Waals surface area contributed by atoms with Crippen LogP contribution in [-0.4, -0.2) is 19.3 Å². The molecule has 0 aliphatic carbocycles. The fourth-order valence-corrected chi connectivity index (χ4v) is 2.34. The lowest BCUT2D eigenvalue weighted by Gasteiger charge is -2.08. The molecule has 2 aromatic heterocycles. The molecule has 0 saturated carbocycles. The van der Waals surface area contributed by atoms with Crippen LogP contribution in [-0.2, 0) is 13.6 Å². The Morgan fingerprint density at radius 3 is 2.75 bits per heavy atom. The zero-order valence-corrected chi connectivity index (χ0v) is 11.8. The van der Waals surface area contributed by atoms with E-state index in [-0.39, 0.29) is 5.56 Å². The summed E-state index contributed by atoms with van der Waals surface area (Å²) in [7, 11) is 1.86. The fourth-order valence-electron chi connectivity index (χ4n) is 2.34. The van der Waals surface area contributed by atoms with E-state index in [0.717, 1.165) is 22.2 Å². The predicted octanol–water partition coefficient (Wildman–Crippen LogP) is 1.80. The minimum Gasteiger partial charge on any atom is -0.294 e. The molecule has 0 amide bonds. The molecule has 0 N–H and O–H groups in total. The van der Waals surface area contributed by atoms with Gasteiger partial charge in [0.05, 0.1) is 30.0 Å². The van der Waals surface area contributed by atoms with Gasteiger partial charge in [0.25, 0.3) is 5.56 Å². The molecule has 2 heterocycles. The average molecular weight is 268 g/mol. The van der Waals surface area contributed by atoms with Gasteiger partial charge in [-0.15, -0.1) is 0 Å². The monoisotopic (exact) mass is 268 g/mol. The van der Waals surface area contributed by atoms with E-state index in [9.17, 15) is 4.79 Å². The van der Waals surface area contributed by atoms with E-state index < -0.39 is 0 Å². The molecular formula is C15H16N4O. The van der Waals surface area contributed by atoms with Crippen LogP contribution in [0.25, 0.3) is 10.9 Å². The lowest BCUT2D eigenvalue weighted by Crippen LogP contribution is -2.21. The van der Waals surface area contributed by atoms with Crippen LogP contribution in [0.15, 0.2) is 35.6 Å². The highest BCUT2D eigenvalue weighted by Crippen LogP contribution is 2.16. The molecule has 0 bridgehead atoms. The van der Waals surface area contributed by atoms with Crippen LogP contribution in [0, 0.1) is 13.8 Å². The smallest absolute Gasteiger partial charge is 0.261 e. The van der Waals surface area contributed by atoms with Gasteiger partial charge >= 0.3 is 0 Å². The molecule has 3 aromatic rings. The highest BCUT2D eigenvalue weighted by molar-refractivity contribution is 5.81. The SMILES string of the molecule is Cc1ccc2c(=O)n(Cc3cnn(C)c3)cnc2c1C. The molecule has 1 aromatic carbocycles. The summed E-state index contributed by atoms with van der Waals surface area (Å²) in [5.41, 5.74) is 3.97. The van der Waals surface area contributed by atoms with Gasteiger partial charge in [0.2, 0.25) is 0 Å². The van der Waals surface area contributed by atoms with Crippen molar-refractivity contribution in [2.45, 2.75) is 20.4 Å². The molecule has 0 fully saturated rings. The second kappa shape index (κ2) is 4.59. The van der Waals surface area contributed by atoms with Crippen LogP contribution < -0.4 is 5.56 Å². The van der Waals surface area contributed by atoms with Crippen molar-refractivity contribution < 1.29 is 0 Å². The van der Waals surface area contributed by atoms with Gasteiger partial charge in [-0.25, -0.2) is 4.98 Å². The van der Waals surface area contributed by atoms with Gasteiger partial charge in [-0.2, -0.15) is 5.10 Å². The second-order valence-electron chi connectivity index (χ2n) is 5.10. The molecule has 0 saturated heterocycles. The molecule has 102 valence electrons. The Morgan fingerprint density at radius 1 is 1.25 bits per heavy atom. The number of nitrogens with zero attached hydrogens (tertiary/aromatic N) is 4. The maximum absolute atomic E-state index is 12.5. The highest BCUT2D eigenvalue weighted by atomic mass is 16.1. The number of fused-ring (bicyclic) bond motifs is 1. The minimum absolute atomic E-state index is 0.0121. The average Bonchev–Trinajstić information content (AvgIpc) is 2.83. The maximum atomic E-state index is 12.5. The number of aromatic nitrogens is 4. The standard InChI is InChI=1S/C15H16N4O/c1-10-4-5-13-14(11(10)2)16-9-19(15(13)20)8-12-6-17-18(3)7-12/h4-7,9H,8H2,1-3H3. The Hall–Kier alpha value is -2.43. The van der Waals surface area contributed by atoms with Crippen molar-refractivity contribution in [2.75, 3.05) is 0 Å². The molecule has 5 heteroatoms. The fraction of sp³-hybridized carbons (Fsp3) is 0.267. The largest absolute Gasteiger partial charge is 0.294 e. The predicted molar refractivity (Wildman–Crippen MR) is 77.8 cm³/mol. The van der Waals surface area contributed by atoms with Crippen molar-refractivity contribution >= 4 is 10.9 Å². The molecule has 0 aliphatic heterocycles. The Bertz CT molecular complexity index is 845. The van der Waals surface area contributed by atoms with E-state index in [2.05, 4.69) is 10.1 Å². The summed E-state index contributed by atoms with van der Waals surface area (Å²) < 4.78 is 3.34. The summed E-state index contributed by atoms with van der Waals surface area (Å²) in [6, 6.07) is 3.82. The first-order valence-electron chi connectivity index (χ1n) is 6.49. The van der Waals surface area contributed by atoms with Crippen molar-refractivity contribution in [2.24, 2.45) is 7.05 Å². The molecule has 0 spiro atoms. The van der Waals surface area contributed by atoms with Crippen LogP contribution in [0.2, 0.25) is 0 Å². The topological polar surface area (TPSA) is 52.7 Å². The van der Waals surface area contributed by atoms with Crippen LogP contribution in [0.3, 0.4) is 0 Å². The zero-order chi connectivity index (χ0) is 14.3. The second-order valence-corrected chi connectivity index (χ2v) is 5.10. The summed E-state index contributed by atoms with van der Waals surface area (Å²) >= 11 is 0. The molecule has 0 radical (unpaired) electrons. The van der Waals surface area contributed by atoms with Crippen molar-refractivity contribution in [3.05, 3.63) is 57.9 Å². The van der Waals surface area contributed by atoms with Gasteiger partial charge in [0, 0.05) is 18.8 Å². The number of hydrogen-bond acceptors (Lipinski definition) is 3. The van der Waals surface area contributed by atoms with Gasteiger partial charge in [-0.3, -0.25) is 14.0 Å². The molecule has 0 atom stereocenters. The lowest BCUT2D eigenvalue weighted by molar-refractivity contribution is 0.741. The molecule has 20 heavy (non-hydrogen) atoms. The molecule has 0 aliphatic rings. The van der Waals surface area contributed by atoms with E-state index in [1.807, 2.05) is 39.2 Å². The van der Waals surface area contributed by atoms with Gasteiger partial charge in [-0.1, -0.05) is 6.07 Å². The van der Waals surface area contributed by atoms with Crippen molar-refractivity contribution in [1.29, 1.82) is 0 Å². The van der Waals surface area contributed by atoms with Crippen molar-refractivity contribution in [1.82, 2.24) is 19.3 Å². The summed E-state index contributed by atoms with van der Waals surface area (Å²) in [6.45, 7) is 4.51. The first kappa shape index (κ1) is 12.6. The Balaban J connectivity index is 2.12. The molecular weight excluding hydrogens is 252 g/mol. The molecule has 3 rings (SSSR count). The first-order valence-corrected chi connectivity index (χ1v) is 6.49. The first-order chi connectivity index (χ1) is 9.56. The summed E-state index contributed by atoms with van der Waals surface area (Å²) in [5, 5.41) is 4.78. The summed E-state index contributed by atoms with van der Waals surface area (Å²) in [4.78, 5) is 16.9. The lowest BCUT2D eigenvalue weighted by atomic mass is 10.1. The van der Waals surface area contributed by atoms with Crippen LogP contribution in [0.4, 0.5) is 0 Å². The highest BCUT2D eigenvalue weighted by Gasteiger charge is 2.08. The van der Waals surface area contributed by atoms with E-state index in [1.54, 1.807) is 21.8 Å². The van der Waals surface area contributed by atoms with E-state index >= 15 is 0 Å². The third-order valence-electron chi connectivity index (χ3n) is 3.63. The van der Waals surface area contributed by atoms with Crippen LogP contribution in [0.5, 0.6) is 0 Å². The van der Waals surface area contributed by atoms with Crippen molar-refractivity contribution in [3.8, 4) is 0 Å². The Labute approximate surface area is 116 Å². The molecule has 5 nitrogen and oxygen atoms in total. The summed E-state index contributed by atoms with van der Waals surface area (Å²) in [5.74, 6) is 0. The Morgan fingerprint density at radius 2 is 2.05 bits per heavy atom. The van der Waals surface area contributed by atoms with Crippen LogP contribution in [0.1, 0.15) is 16.7 Å². The van der Waals surface area contributed by atoms with Gasteiger partial charge in [0.15, 0.2) is 0 Å². The molecule has 0 unspecified atom stereocenters. The third kappa shape index (κ3) is 2.01. The van der Waals surface area contributed by atoms with Crippen LogP contribution >= 0.6 is 0 Å². The van der Waals surface area contributed by atoms with Gasteiger partial charge in [-0.05, 0) is 31.0 Å². The number of benzene rings is 1. The Kier molecular flexibility index (Phi) is 2.89. The number of hydrogen-bond donors (Lipinski definition) is 0. The van der Waals surface area contributed by atoms with E-state index in [0.29, 0.717) is 11.9 Å². The minimum atomic E-state index is -0.0121. The van der Waals surface area contributed by atoms with E-state index in [1.165, 1.54) is 0 Å².